The molecule has 0 aromatic heterocycles. The number of nitrogens with one attached hydrogen (secondary N) is 1. The van der Waals surface area contributed by atoms with Crippen LogP contribution in [-0.4, -0.2) is 26.2 Å². The lowest BCUT2D eigenvalue weighted by atomic mass is 10.2. The standard InChI is InChI=1S/C13H12N2O4/c1-18-12(16)9-3-5-11(6-4-9)15-8-10(7-14)13(17)19-2/h3-6,8,15H,1-2H3/b10-8-. The van der Waals surface area contributed by atoms with Gasteiger partial charge in [0.2, 0.25) is 0 Å². The Morgan fingerprint density at radius 2 is 1.84 bits per heavy atom. The summed E-state index contributed by atoms with van der Waals surface area (Å²) in [5, 5.41) is 11.5. The fourth-order valence-corrected chi connectivity index (χ4v) is 1.22. The summed E-state index contributed by atoms with van der Waals surface area (Å²) in [7, 11) is 2.49. The molecule has 0 fully saturated rings. The Balaban J connectivity index is 2.79. The van der Waals surface area contributed by atoms with Gasteiger partial charge in [-0.3, -0.25) is 0 Å². The average Bonchev–Trinajstić information content (AvgIpc) is 2.47. The highest BCUT2D eigenvalue weighted by Gasteiger charge is 2.08. The van der Waals surface area contributed by atoms with Crippen molar-refractivity contribution in [3.05, 3.63) is 41.6 Å². The molecule has 1 aromatic carbocycles. The molecule has 1 aromatic rings. The minimum absolute atomic E-state index is 0.153. The summed E-state index contributed by atoms with van der Waals surface area (Å²) in [5.74, 6) is -1.16. The molecule has 19 heavy (non-hydrogen) atoms. The maximum absolute atomic E-state index is 11.2. The molecule has 0 aliphatic rings. The molecule has 1 rings (SSSR count). The van der Waals surface area contributed by atoms with E-state index in [9.17, 15) is 9.59 Å². The number of carbonyl (C=O) groups excluding carboxylic acids is 2. The molecule has 0 saturated heterocycles. The van der Waals surface area contributed by atoms with Crippen molar-refractivity contribution in [2.75, 3.05) is 19.5 Å². The van der Waals surface area contributed by atoms with Gasteiger partial charge in [-0.1, -0.05) is 0 Å². The normalized spacial score (nSPS) is 10.3. The molecule has 0 amide bonds. The molecule has 98 valence electrons. The zero-order chi connectivity index (χ0) is 14.3. The Morgan fingerprint density at radius 1 is 1.21 bits per heavy atom. The van der Waals surface area contributed by atoms with E-state index >= 15 is 0 Å². The van der Waals surface area contributed by atoms with E-state index in [1.807, 2.05) is 0 Å². The highest BCUT2D eigenvalue weighted by atomic mass is 16.5. The summed E-state index contributed by atoms with van der Waals surface area (Å²) in [5.41, 5.74) is 0.870. The minimum atomic E-state index is -0.721. The molecular formula is C13H12N2O4. The van der Waals surface area contributed by atoms with Crippen molar-refractivity contribution >= 4 is 17.6 Å². The minimum Gasteiger partial charge on any atom is -0.465 e. The van der Waals surface area contributed by atoms with Crippen LogP contribution < -0.4 is 5.32 Å². The van der Waals surface area contributed by atoms with E-state index in [0.29, 0.717) is 11.3 Å². The van der Waals surface area contributed by atoms with Crippen LogP contribution in [-0.2, 0) is 14.3 Å². The number of nitriles is 1. The quantitative estimate of drug-likeness (QED) is 0.501. The molecule has 0 aliphatic carbocycles. The lowest BCUT2D eigenvalue weighted by molar-refractivity contribution is -0.135. The van der Waals surface area contributed by atoms with Crippen molar-refractivity contribution in [3.63, 3.8) is 0 Å². The van der Waals surface area contributed by atoms with Crippen LogP contribution in [0.5, 0.6) is 0 Å². The van der Waals surface area contributed by atoms with Gasteiger partial charge in [0, 0.05) is 11.9 Å². The van der Waals surface area contributed by atoms with Gasteiger partial charge in [-0.15, -0.1) is 0 Å². The Kier molecular flexibility index (Phi) is 5.11. The second-order valence-electron chi connectivity index (χ2n) is 3.37. The number of carbonyl (C=O) groups is 2. The van der Waals surface area contributed by atoms with Gasteiger partial charge in [0.1, 0.15) is 6.07 Å². The van der Waals surface area contributed by atoms with Gasteiger partial charge in [-0.05, 0) is 24.3 Å². The van der Waals surface area contributed by atoms with Gasteiger partial charge in [-0.2, -0.15) is 5.26 Å². The van der Waals surface area contributed by atoms with Gasteiger partial charge in [0.15, 0.2) is 5.57 Å². The molecule has 0 unspecified atom stereocenters. The first-order valence-corrected chi connectivity index (χ1v) is 5.26. The van der Waals surface area contributed by atoms with E-state index < -0.39 is 11.9 Å². The maximum Gasteiger partial charge on any atom is 0.350 e. The first-order chi connectivity index (χ1) is 9.12. The number of ether oxygens (including phenoxy) is 2. The van der Waals surface area contributed by atoms with Gasteiger partial charge < -0.3 is 14.8 Å². The second-order valence-corrected chi connectivity index (χ2v) is 3.37. The van der Waals surface area contributed by atoms with E-state index in [-0.39, 0.29) is 5.57 Å². The van der Waals surface area contributed by atoms with Crippen molar-refractivity contribution in [2.24, 2.45) is 0 Å². The van der Waals surface area contributed by atoms with Crippen LogP contribution in [0.4, 0.5) is 5.69 Å². The number of rotatable bonds is 4. The van der Waals surface area contributed by atoms with Crippen LogP contribution in [0.2, 0.25) is 0 Å². The Hall–Kier alpha value is -2.81. The largest absolute Gasteiger partial charge is 0.465 e. The Labute approximate surface area is 110 Å². The Bertz CT molecular complexity index is 541. The van der Waals surface area contributed by atoms with Gasteiger partial charge >= 0.3 is 11.9 Å². The molecule has 6 nitrogen and oxygen atoms in total. The summed E-state index contributed by atoms with van der Waals surface area (Å²) in [6, 6.07) is 8.08. The molecule has 0 spiro atoms. The lowest BCUT2D eigenvalue weighted by Gasteiger charge is -2.03. The molecule has 0 atom stereocenters. The highest BCUT2D eigenvalue weighted by molar-refractivity contribution is 5.93. The smallest absolute Gasteiger partial charge is 0.350 e. The van der Waals surface area contributed by atoms with Crippen molar-refractivity contribution < 1.29 is 19.1 Å². The number of nitrogens with zero attached hydrogens (tertiary/aromatic N) is 1. The fourth-order valence-electron chi connectivity index (χ4n) is 1.22. The van der Waals surface area contributed by atoms with Crippen LogP contribution in [0.15, 0.2) is 36.0 Å². The number of hydrogen-bond acceptors (Lipinski definition) is 6. The number of anilines is 1. The number of methoxy groups -OCH3 is 2. The first kappa shape index (κ1) is 14.3. The van der Waals surface area contributed by atoms with Crippen molar-refractivity contribution in [3.8, 4) is 6.07 Å². The molecule has 6 heteroatoms. The van der Waals surface area contributed by atoms with Crippen LogP contribution >= 0.6 is 0 Å². The predicted octanol–water partition coefficient (Wildman–Crippen LogP) is 1.47. The van der Waals surface area contributed by atoms with E-state index in [0.717, 1.165) is 0 Å². The number of esters is 2. The van der Waals surface area contributed by atoms with Gasteiger partial charge in [-0.25, -0.2) is 9.59 Å². The molecule has 0 radical (unpaired) electrons. The molecule has 0 saturated carbocycles. The van der Waals surface area contributed by atoms with E-state index in [1.165, 1.54) is 20.4 Å². The third-order valence-corrected chi connectivity index (χ3v) is 2.21. The number of hydrogen-bond donors (Lipinski definition) is 1. The SMILES string of the molecule is COC(=O)/C(C#N)=C\Nc1ccc(C(=O)OC)cc1. The third kappa shape index (κ3) is 3.85. The summed E-state index contributed by atoms with van der Waals surface area (Å²) >= 11 is 0. The average molecular weight is 260 g/mol. The molecule has 0 heterocycles. The van der Waals surface area contributed by atoms with E-state index in [1.54, 1.807) is 30.3 Å². The molecule has 0 bridgehead atoms. The van der Waals surface area contributed by atoms with Crippen LogP contribution in [0.1, 0.15) is 10.4 Å². The summed E-state index contributed by atoms with van der Waals surface area (Å²) in [4.78, 5) is 22.3. The third-order valence-electron chi connectivity index (χ3n) is 2.21. The lowest BCUT2D eigenvalue weighted by Crippen LogP contribution is -2.05. The van der Waals surface area contributed by atoms with Gasteiger partial charge in [0.05, 0.1) is 19.8 Å². The maximum atomic E-state index is 11.2. The van der Waals surface area contributed by atoms with Crippen molar-refractivity contribution in [1.82, 2.24) is 0 Å². The highest BCUT2D eigenvalue weighted by Crippen LogP contribution is 2.11. The summed E-state index contributed by atoms with van der Waals surface area (Å²) < 4.78 is 8.99. The first-order valence-electron chi connectivity index (χ1n) is 5.26. The monoisotopic (exact) mass is 260 g/mol. The van der Waals surface area contributed by atoms with Crippen LogP contribution in [0, 0.1) is 11.3 Å². The molecule has 1 N–H and O–H groups in total. The second kappa shape index (κ2) is 6.81. The van der Waals surface area contributed by atoms with Crippen molar-refractivity contribution in [1.29, 1.82) is 5.26 Å². The zero-order valence-corrected chi connectivity index (χ0v) is 10.5. The molecular weight excluding hydrogens is 248 g/mol. The summed E-state index contributed by atoms with van der Waals surface area (Å²) in [6.07, 6.45) is 1.24. The van der Waals surface area contributed by atoms with Gasteiger partial charge in [0.25, 0.3) is 0 Å². The van der Waals surface area contributed by atoms with Crippen LogP contribution in [0.3, 0.4) is 0 Å². The fraction of sp³-hybridized carbons (Fsp3) is 0.154. The van der Waals surface area contributed by atoms with Crippen molar-refractivity contribution in [2.45, 2.75) is 0 Å². The molecule has 0 aliphatic heterocycles. The predicted molar refractivity (Wildman–Crippen MR) is 67.1 cm³/mol. The Morgan fingerprint density at radius 3 is 2.32 bits per heavy atom. The topological polar surface area (TPSA) is 88.4 Å². The van der Waals surface area contributed by atoms with E-state index in [4.69, 9.17) is 5.26 Å². The van der Waals surface area contributed by atoms with Crippen LogP contribution in [0.25, 0.3) is 0 Å². The zero-order valence-electron chi connectivity index (χ0n) is 10.5. The van der Waals surface area contributed by atoms with E-state index in [2.05, 4.69) is 14.8 Å². The number of benzene rings is 1. The summed E-state index contributed by atoms with van der Waals surface area (Å²) in [6.45, 7) is 0.